The topological polar surface area (TPSA) is 46.3 Å². The minimum absolute atomic E-state index is 0.0938. The Kier molecular flexibility index (Phi) is 3.61. The number of amides is 1. The van der Waals surface area contributed by atoms with Crippen LogP contribution in [0.15, 0.2) is 15.9 Å². The van der Waals surface area contributed by atoms with Crippen molar-refractivity contribution in [1.82, 2.24) is 4.90 Å². The molecule has 5 heteroatoms. The Morgan fingerprint density at radius 1 is 1.59 bits per heavy atom. The third-order valence-electron chi connectivity index (χ3n) is 3.30. The number of nitrogens with two attached hydrogens (primary N) is 1. The molecule has 0 aromatic carbocycles. The molecule has 0 spiro atoms. The summed E-state index contributed by atoms with van der Waals surface area (Å²) >= 11 is 4.86. The highest BCUT2D eigenvalue weighted by molar-refractivity contribution is 9.11. The smallest absolute Gasteiger partial charge is 0.264 e. The molecule has 0 radical (unpaired) electrons. The van der Waals surface area contributed by atoms with Crippen LogP contribution in [0.5, 0.6) is 0 Å². The van der Waals surface area contributed by atoms with Crippen molar-refractivity contribution in [2.75, 3.05) is 6.54 Å². The zero-order valence-corrected chi connectivity index (χ0v) is 12.5. The van der Waals surface area contributed by atoms with Gasteiger partial charge in [-0.1, -0.05) is 0 Å². The molecule has 0 saturated carbocycles. The summed E-state index contributed by atoms with van der Waals surface area (Å²) in [6, 6.07) is 3.89. The predicted molar refractivity (Wildman–Crippen MR) is 74.3 cm³/mol. The number of piperidine rings is 1. The number of carbonyl (C=O) groups excluding carboxylic acids is 1. The second kappa shape index (κ2) is 4.71. The van der Waals surface area contributed by atoms with Crippen molar-refractivity contribution >= 4 is 33.2 Å². The highest BCUT2D eigenvalue weighted by Crippen LogP contribution is 2.31. The van der Waals surface area contributed by atoms with Crippen molar-refractivity contribution in [2.24, 2.45) is 5.73 Å². The lowest BCUT2D eigenvalue weighted by Crippen LogP contribution is -2.56. The lowest BCUT2D eigenvalue weighted by molar-refractivity contribution is 0.0400. The van der Waals surface area contributed by atoms with Gasteiger partial charge in [-0.15, -0.1) is 11.3 Å². The summed E-state index contributed by atoms with van der Waals surface area (Å²) in [5.41, 5.74) is 5.87. The normalized spacial score (nSPS) is 23.8. The summed E-state index contributed by atoms with van der Waals surface area (Å²) in [6.07, 6.45) is 1.96. The SMILES string of the molecule is CC1(C)CCC(N)CN1C(=O)c1ccc(Br)s1. The fraction of sp³-hybridized carbons (Fsp3) is 0.583. The zero-order valence-electron chi connectivity index (χ0n) is 10.1. The molecular weight excluding hydrogens is 300 g/mol. The van der Waals surface area contributed by atoms with E-state index in [1.165, 1.54) is 11.3 Å². The Balaban J connectivity index is 2.22. The molecule has 94 valence electrons. The standard InChI is InChI=1S/C12H17BrN2OS/c1-12(2)6-5-8(14)7-15(12)11(16)9-3-4-10(13)17-9/h3-4,8H,5-7,14H2,1-2H3. The van der Waals surface area contributed by atoms with E-state index in [-0.39, 0.29) is 17.5 Å². The lowest BCUT2D eigenvalue weighted by Gasteiger charge is -2.44. The third kappa shape index (κ3) is 2.72. The summed E-state index contributed by atoms with van der Waals surface area (Å²) < 4.78 is 0.986. The summed E-state index contributed by atoms with van der Waals surface area (Å²) in [6.45, 7) is 4.88. The first-order chi connectivity index (χ1) is 7.90. The molecule has 1 aromatic rings. The molecule has 17 heavy (non-hydrogen) atoms. The van der Waals surface area contributed by atoms with Gasteiger partial charge >= 0.3 is 0 Å². The van der Waals surface area contributed by atoms with Crippen LogP contribution >= 0.6 is 27.3 Å². The summed E-state index contributed by atoms with van der Waals surface area (Å²) in [5, 5.41) is 0. The van der Waals surface area contributed by atoms with Crippen molar-refractivity contribution < 1.29 is 4.79 Å². The van der Waals surface area contributed by atoms with Crippen LogP contribution in [0.4, 0.5) is 0 Å². The quantitative estimate of drug-likeness (QED) is 0.866. The molecule has 1 unspecified atom stereocenters. The highest BCUT2D eigenvalue weighted by Gasteiger charge is 2.36. The molecule has 2 rings (SSSR count). The Labute approximate surface area is 114 Å². The van der Waals surface area contributed by atoms with E-state index in [9.17, 15) is 4.79 Å². The number of hydrogen-bond acceptors (Lipinski definition) is 3. The Morgan fingerprint density at radius 3 is 2.88 bits per heavy atom. The van der Waals surface area contributed by atoms with Crippen LogP contribution in [0.3, 0.4) is 0 Å². The monoisotopic (exact) mass is 316 g/mol. The maximum Gasteiger partial charge on any atom is 0.264 e. The highest BCUT2D eigenvalue weighted by atomic mass is 79.9. The average Bonchev–Trinajstić information content (AvgIpc) is 2.68. The van der Waals surface area contributed by atoms with Crippen LogP contribution in [0.25, 0.3) is 0 Å². The molecule has 1 fully saturated rings. The second-order valence-corrected chi connectivity index (χ2v) is 7.59. The fourth-order valence-electron chi connectivity index (χ4n) is 2.17. The molecular formula is C12H17BrN2OS. The first kappa shape index (κ1) is 13.1. The van der Waals surface area contributed by atoms with Gasteiger partial charge in [0.2, 0.25) is 0 Å². The Hall–Kier alpha value is -0.390. The molecule has 0 bridgehead atoms. The molecule has 3 nitrogen and oxygen atoms in total. The van der Waals surface area contributed by atoms with Gasteiger partial charge < -0.3 is 10.6 Å². The van der Waals surface area contributed by atoms with E-state index in [1.807, 2.05) is 17.0 Å². The van der Waals surface area contributed by atoms with Gasteiger partial charge in [0.1, 0.15) is 0 Å². The maximum absolute atomic E-state index is 12.4. The number of halogens is 1. The largest absolute Gasteiger partial charge is 0.331 e. The third-order valence-corrected chi connectivity index (χ3v) is 4.92. The summed E-state index contributed by atoms with van der Waals surface area (Å²) in [4.78, 5) is 15.1. The second-order valence-electron chi connectivity index (χ2n) is 5.13. The van der Waals surface area contributed by atoms with Gasteiger partial charge in [-0.05, 0) is 54.8 Å². The summed E-state index contributed by atoms with van der Waals surface area (Å²) in [7, 11) is 0. The van der Waals surface area contributed by atoms with Crippen LogP contribution in [-0.4, -0.2) is 28.9 Å². The van der Waals surface area contributed by atoms with Crippen LogP contribution in [0.1, 0.15) is 36.4 Å². The van der Waals surface area contributed by atoms with Crippen LogP contribution in [-0.2, 0) is 0 Å². The van der Waals surface area contributed by atoms with Crippen LogP contribution in [0.2, 0.25) is 0 Å². The van der Waals surface area contributed by atoms with E-state index in [1.54, 1.807) is 0 Å². The number of hydrogen-bond donors (Lipinski definition) is 1. The number of nitrogens with zero attached hydrogens (tertiary/aromatic N) is 1. The zero-order chi connectivity index (χ0) is 12.6. The average molecular weight is 317 g/mol. The van der Waals surface area contributed by atoms with Gasteiger partial charge in [0.05, 0.1) is 8.66 Å². The van der Waals surface area contributed by atoms with Crippen molar-refractivity contribution in [3.05, 3.63) is 20.8 Å². The van der Waals surface area contributed by atoms with Gasteiger partial charge in [-0.2, -0.15) is 0 Å². The Morgan fingerprint density at radius 2 is 2.29 bits per heavy atom. The van der Waals surface area contributed by atoms with Crippen molar-refractivity contribution in [2.45, 2.75) is 38.3 Å². The van der Waals surface area contributed by atoms with E-state index in [4.69, 9.17) is 5.73 Å². The molecule has 1 atom stereocenters. The molecule has 1 aliphatic heterocycles. The van der Waals surface area contributed by atoms with E-state index in [0.29, 0.717) is 6.54 Å². The lowest BCUT2D eigenvalue weighted by atomic mass is 9.88. The fourth-order valence-corrected chi connectivity index (χ4v) is 3.50. The van der Waals surface area contributed by atoms with E-state index in [2.05, 4.69) is 29.8 Å². The van der Waals surface area contributed by atoms with E-state index in [0.717, 1.165) is 21.5 Å². The number of rotatable bonds is 1. The van der Waals surface area contributed by atoms with Gasteiger partial charge in [0, 0.05) is 18.1 Å². The molecule has 1 aromatic heterocycles. The minimum Gasteiger partial charge on any atom is -0.331 e. The van der Waals surface area contributed by atoms with E-state index < -0.39 is 0 Å². The van der Waals surface area contributed by atoms with Gasteiger partial charge in [-0.3, -0.25) is 4.79 Å². The summed E-state index contributed by atoms with van der Waals surface area (Å²) in [5.74, 6) is 0.0980. The molecule has 0 aliphatic carbocycles. The molecule has 2 heterocycles. The molecule has 1 aliphatic rings. The van der Waals surface area contributed by atoms with Crippen LogP contribution < -0.4 is 5.73 Å². The van der Waals surface area contributed by atoms with Crippen LogP contribution in [0, 0.1) is 0 Å². The molecule has 1 amide bonds. The first-order valence-electron chi connectivity index (χ1n) is 5.73. The molecule has 2 N–H and O–H groups in total. The number of carbonyl (C=O) groups is 1. The van der Waals surface area contributed by atoms with E-state index >= 15 is 0 Å². The maximum atomic E-state index is 12.4. The minimum atomic E-state index is -0.0938. The number of likely N-dealkylation sites (tertiary alicyclic amines) is 1. The van der Waals surface area contributed by atoms with Gasteiger partial charge in [0.15, 0.2) is 0 Å². The first-order valence-corrected chi connectivity index (χ1v) is 7.34. The molecule has 1 saturated heterocycles. The van der Waals surface area contributed by atoms with Crippen molar-refractivity contribution in [1.29, 1.82) is 0 Å². The van der Waals surface area contributed by atoms with Gasteiger partial charge in [0.25, 0.3) is 5.91 Å². The van der Waals surface area contributed by atoms with Crippen molar-refractivity contribution in [3.8, 4) is 0 Å². The number of thiophene rings is 1. The van der Waals surface area contributed by atoms with Crippen molar-refractivity contribution in [3.63, 3.8) is 0 Å². The predicted octanol–water partition coefficient (Wildman–Crippen LogP) is 2.85. The Bertz CT molecular complexity index is 430. The van der Waals surface area contributed by atoms with Gasteiger partial charge in [-0.25, -0.2) is 0 Å².